The first kappa shape index (κ1) is 16.3. The number of likely N-dealkylation sites (N-methyl/N-ethyl adjacent to an activating group) is 1. The molecule has 4 nitrogen and oxygen atoms in total. The van der Waals surface area contributed by atoms with Gasteiger partial charge in [0.1, 0.15) is 5.75 Å². The maximum Gasteiger partial charge on any atom is 0.120 e. The first-order valence-corrected chi connectivity index (χ1v) is 7.83. The summed E-state index contributed by atoms with van der Waals surface area (Å²) in [6.45, 7) is 7.64. The summed E-state index contributed by atoms with van der Waals surface area (Å²) in [4.78, 5) is 2.35. The van der Waals surface area contributed by atoms with Crippen LogP contribution in [0.2, 0.25) is 0 Å². The Hall–Kier alpha value is -1.10. The van der Waals surface area contributed by atoms with Gasteiger partial charge in [0.05, 0.1) is 12.2 Å². The van der Waals surface area contributed by atoms with Gasteiger partial charge < -0.3 is 15.2 Å². The number of benzene rings is 1. The van der Waals surface area contributed by atoms with Crippen molar-refractivity contribution >= 4 is 0 Å². The Morgan fingerprint density at radius 3 is 2.76 bits per heavy atom. The van der Waals surface area contributed by atoms with Crippen LogP contribution in [0.3, 0.4) is 0 Å². The van der Waals surface area contributed by atoms with E-state index in [9.17, 15) is 0 Å². The SMILES string of the molecule is CC(C)Oc1cccc(C(CN)N(C)C2CCOC2C)c1. The van der Waals surface area contributed by atoms with Crippen LogP contribution in [0.1, 0.15) is 38.8 Å². The normalized spacial score (nSPS) is 23.8. The minimum absolute atomic E-state index is 0.178. The molecule has 0 spiro atoms. The number of rotatable bonds is 6. The van der Waals surface area contributed by atoms with E-state index in [0.29, 0.717) is 12.6 Å². The summed E-state index contributed by atoms with van der Waals surface area (Å²) in [5.41, 5.74) is 7.25. The van der Waals surface area contributed by atoms with Crippen LogP contribution >= 0.6 is 0 Å². The minimum Gasteiger partial charge on any atom is -0.491 e. The lowest BCUT2D eigenvalue weighted by atomic mass is 10.0. The Balaban J connectivity index is 2.16. The Morgan fingerprint density at radius 2 is 2.19 bits per heavy atom. The molecule has 0 saturated carbocycles. The monoisotopic (exact) mass is 292 g/mol. The van der Waals surface area contributed by atoms with Crippen LogP contribution in [0.4, 0.5) is 0 Å². The highest BCUT2D eigenvalue weighted by Crippen LogP contribution is 2.29. The quantitative estimate of drug-likeness (QED) is 0.875. The van der Waals surface area contributed by atoms with Crippen LogP contribution in [-0.2, 0) is 4.74 Å². The average molecular weight is 292 g/mol. The predicted octanol–water partition coefficient (Wildman–Crippen LogP) is 2.58. The van der Waals surface area contributed by atoms with Gasteiger partial charge >= 0.3 is 0 Å². The van der Waals surface area contributed by atoms with E-state index in [0.717, 1.165) is 18.8 Å². The summed E-state index contributed by atoms with van der Waals surface area (Å²) in [6, 6.07) is 8.88. The zero-order chi connectivity index (χ0) is 15.4. The highest BCUT2D eigenvalue weighted by molar-refractivity contribution is 5.31. The highest BCUT2D eigenvalue weighted by Gasteiger charge is 2.31. The molecule has 0 bridgehead atoms. The maximum atomic E-state index is 6.05. The smallest absolute Gasteiger partial charge is 0.120 e. The summed E-state index contributed by atoms with van der Waals surface area (Å²) in [5, 5.41) is 0. The second kappa shape index (κ2) is 7.25. The zero-order valence-electron chi connectivity index (χ0n) is 13.6. The summed E-state index contributed by atoms with van der Waals surface area (Å²) in [5.74, 6) is 0.907. The van der Waals surface area contributed by atoms with Gasteiger partial charge in [-0.05, 0) is 51.9 Å². The standard InChI is InChI=1S/C17H28N2O2/c1-12(2)21-15-7-5-6-14(10-15)17(11-18)19(4)16-8-9-20-13(16)3/h5-7,10,12-13,16-17H,8-9,11,18H2,1-4H3. The minimum atomic E-state index is 0.178. The van der Waals surface area contributed by atoms with Crippen molar-refractivity contribution < 1.29 is 9.47 Å². The second-order valence-electron chi connectivity index (χ2n) is 6.09. The average Bonchev–Trinajstić information content (AvgIpc) is 2.85. The molecule has 118 valence electrons. The molecule has 1 aromatic carbocycles. The van der Waals surface area contributed by atoms with Crippen LogP contribution in [0, 0.1) is 0 Å². The molecular weight excluding hydrogens is 264 g/mol. The fraction of sp³-hybridized carbons (Fsp3) is 0.647. The van der Waals surface area contributed by atoms with Crippen molar-refractivity contribution in [2.24, 2.45) is 5.73 Å². The van der Waals surface area contributed by atoms with E-state index in [1.165, 1.54) is 5.56 Å². The Morgan fingerprint density at radius 1 is 1.43 bits per heavy atom. The van der Waals surface area contributed by atoms with Crippen LogP contribution in [0.5, 0.6) is 5.75 Å². The molecule has 3 unspecified atom stereocenters. The van der Waals surface area contributed by atoms with Gasteiger partial charge in [-0.1, -0.05) is 12.1 Å². The molecule has 1 aromatic rings. The molecule has 4 heteroatoms. The Kier molecular flexibility index (Phi) is 5.62. The van der Waals surface area contributed by atoms with Gasteiger partial charge in [-0.25, -0.2) is 0 Å². The molecule has 0 aromatic heterocycles. The molecule has 2 rings (SSSR count). The molecule has 1 aliphatic rings. The third-order valence-corrected chi connectivity index (χ3v) is 4.19. The molecule has 2 N–H and O–H groups in total. The van der Waals surface area contributed by atoms with E-state index in [4.69, 9.17) is 15.2 Å². The van der Waals surface area contributed by atoms with Crippen molar-refractivity contribution in [3.05, 3.63) is 29.8 Å². The van der Waals surface area contributed by atoms with Gasteiger partial charge in [0.2, 0.25) is 0 Å². The summed E-state index contributed by atoms with van der Waals surface area (Å²) in [6.07, 6.45) is 1.51. The van der Waals surface area contributed by atoms with E-state index >= 15 is 0 Å². The first-order chi connectivity index (χ1) is 10.0. The Labute approximate surface area is 128 Å². The number of ether oxygens (including phenoxy) is 2. The van der Waals surface area contributed by atoms with Gasteiger partial charge in [0.25, 0.3) is 0 Å². The Bertz CT molecular complexity index is 450. The van der Waals surface area contributed by atoms with Crippen molar-refractivity contribution in [2.45, 2.75) is 51.5 Å². The maximum absolute atomic E-state index is 6.05. The van der Waals surface area contributed by atoms with Crippen LogP contribution in [0.25, 0.3) is 0 Å². The molecule has 21 heavy (non-hydrogen) atoms. The summed E-state index contributed by atoms with van der Waals surface area (Å²) >= 11 is 0. The summed E-state index contributed by atoms with van der Waals surface area (Å²) in [7, 11) is 2.14. The molecule has 0 radical (unpaired) electrons. The lowest BCUT2D eigenvalue weighted by molar-refractivity contribution is 0.0685. The predicted molar refractivity (Wildman–Crippen MR) is 85.6 cm³/mol. The van der Waals surface area contributed by atoms with E-state index in [-0.39, 0.29) is 18.2 Å². The lowest BCUT2D eigenvalue weighted by Gasteiger charge is -2.34. The van der Waals surface area contributed by atoms with Gasteiger partial charge in [-0.2, -0.15) is 0 Å². The van der Waals surface area contributed by atoms with Crippen molar-refractivity contribution in [1.82, 2.24) is 4.90 Å². The third-order valence-electron chi connectivity index (χ3n) is 4.19. The van der Waals surface area contributed by atoms with Gasteiger partial charge in [0.15, 0.2) is 0 Å². The largest absolute Gasteiger partial charge is 0.491 e. The molecule has 1 saturated heterocycles. The fourth-order valence-corrected chi connectivity index (χ4v) is 3.09. The molecule has 1 heterocycles. The third kappa shape index (κ3) is 3.96. The van der Waals surface area contributed by atoms with Crippen LogP contribution in [0.15, 0.2) is 24.3 Å². The lowest BCUT2D eigenvalue weighted by Crippen LogP contribution is -2.42. The molecule has 3 atom stereocenters. The number of hydrogen-bond donors (Lipinski definition) is 1. The zero-order valence-corrected chi connectivity index (χ0v) is 13.6. The van der Waals surface area contributed by atoms with Crippen LogP contribution in [-0.4, -0.2) is 43.3 Å². The topological polar surface area (TPSA) is 47.7 Å². The first-order valence-electron chi connectivity index (χ1n) is 7.83. The van der Waals surface area contributed by atoms with Crippen molar-refractivity contribution in [3.8, 4) is 5.75 Å². The van der Waals surface area contributed by atoms with Crippen LogP contribution < -0.4 is 10.5 Å². The number of nitrogens with zero attached hydrogens (tertiary/aromatic N) is 1. The van der Waals surface area contributed by atoms with E-state index < -0.39 is 0 Å². The van der Waals surface area contributed by atoms with E-state index in [1.807, 2.05) is 26.0 Å². The number of nitrogens with two attached hydrogens (primary N) is 1. The van der Waals surface area contributed by atoms with Crippen molar-refractivity contribution in [1.29, 1.82) is 0 Å². The van der Waals surface area contributed by atoms with Gasteiger partial charge in [-0.3, -0.25) is 4.90 Å². The fourth-order valence-electron chi connectivity index (χ4n) is 3.09. The number of hydrogen-bond acceptors (Lipinski definition) is 4. The van der Waals surface area contributed by atoms with Gasteiger partial charge in [0, 0.05) is 25.2 Å². The molecule has 1 aliphatic heterocycles. The van der Waals surface area contributed by atoms with E-state index in [1.54, 1.807) is 0 Å². The van der Waals surface area contributed by atoms with Crippen molar-refractivity contribution in [2.75, 3.05) is 20.2 Å². The molecule has 1 fully saturated rings. The van der Waals surface area contributed by atoms with E-state index in [2.05, 4.69) is 31.0 Å². The van der Waals surface area contributed by atoms with Crippen molar-refractivity contribution in [3.63, 3.8) is 0 Å². The molecular formula is C17H28N2O2. The van der Waals surface area contributed by atoms with Gasteiger partial charge in [-0.15, -0.1) is 0 Å². The second-order valence-corrected chi connectivity index (χ2v) is 6.09. The molecule has 0 amide bonds. The summed E-state index contributed by atoms with van der Waals surface area (Å²) < 4.78 is 11.5. The highest BCUT2D eigenvalue weighted by atomic mass is 16.5. The molecule has 0 aliphatic carbocycles.